The first-order chi connectivity index (χ1) is 11.0. The van der Waals surface area contributed by atoms with Crippen LogP contribution in [0.15, 0.2) is 24.4 Å². The molecule has 2 nitrogen and oxygen atoms in total. The number of rotatable bonds is 16. The van der Waals surface area contributed by atoms with Gasteiger partial charge < -0.3 is 5.32 Å². The summed E-state index contributed by atoms with van der Waals surface area (Å²) in [7, 11) is 0. The van der Waals surface area contributed by atoms with Crippen molar-refractivity contribution >= 4 is 18.4 Å². The molecule has 0 bridgehead atoms. The van der Waals surface area contributed by atoms with Crippen molar-refractivity contribution in [1.82, 2.24) is 5.32 Å². The van der Waals surface area contributed by atoms with Gasteiger partial charge in [-0.3, -0.25) is 4.79 Å². The van der Waals surface area contributed by atoms with E-state index in [-0.39, 0.29) is 11.8 Å². The van der Waals surface area contributed by atoms with E-state index in [4.69, 9.17) is 0 Å². The van der Waals surface area contributed by atoms with Crippen molar-refractivity contribution < 1.29 is 4.79 Å². The number of Topliss-reactive ketones (excluding diaryl/α,β-unsaturated/α-hetero) is 1. The van der Waals surface area contributed by atoms with Crippen molar-refractivity contribution in [3.8, 4) is 0 Å². The van der Waals surface area contributed by atoms with E-state index in [0.717, 1.165) is 37.1 Å². The highest BCUT2D eigenvalue weighted by atomic mass is 32.1. The maximum absolute atomic E-state index is 11.6. The minimum absolute atomic E-state index is 0.0856. The van der Waals surface area contributed by atoms with E-state index in [2.05, 4.69) is 38.0 Å². The second kappa shape index (κ2) is 14.9. The van der Waals surface area contributed by atoms with Crippen LogP contribution in [0.25, 0.3) is 0 Å². The Hall–Kier alpha value is -0.700. The van der Waals surface area contributed by atoms with Gasteiger partial charge in [-0.15, -0.1) is 0 Å². The van der Waals surface area contributed by atoms with E-state index >= 15 is 0 Å². The first-order valence-corrected chi connectivity index (χ1v) is 9.86. The molecule has 23 heavy (non-hydrogen) atoms. The molecule has 0 amide bonds. The van der Waals surface area contributed by atoms with Gasteiger partial charge in [-0.25, -0.2) is 0 Å². The van der Waals surface area contributed by atoms with Crippen LogP contribution in [0.1, 0.15) is 84.5 Å². The van der Waals surface area contributed by atoms with Crippen molar-refractivity contribution in [2.24, 2.45) is 0 Å². The maximum atomic E-state index is 11.6. The van der Waals surface area contributed by atoms with Crippen LogP contribution in [0, 0.1) is 0 Å². The molecule has 1 N–H and O–H groups in total. The Morgan fingerprint density at radius 1 is 1.04 bits per heavy atom. The molecule has 0 rings (SSSR count). The number of hydrogen-bond acceptors (Lipinski definition) is 3. The molecule has 0 saturated carbocycles. The van der Waals surface area contributed by atoms with Gasteiger partial charge in [0.15, 0.2) is 5.78 Å². The van der Waals surface area contributed by atoms with Crippen molar-refractivity contribution in [3.05, 3.63) is 24.4 Å². The SMILES string of the molecule is C=C(CCCCCCCCCS)CC(=C)NC(CCC)C(C)=O. The lowest BCUT2D eigenvalue weighted by atomic mass is 10.0. The van der Waals surface area contributed by atoms with Gasteiger partial charge in [0.1, 0.15) is 0 Å². The first-order valence-electron chi connectivity index (χ1n) is 9.23. The molecule has 3 heteroatoms. The quantitative estimate of drug-likeness (QED) is 0.210. The number of carbonyl (C=O) groups excluding carboxylic acids is 1. The highest BCUT2D eigenvalue weighted by Gasteiger charge is 2.13. The van der Waals surface area contributed by atoms with Crippen molar-refractivity contribution in [2.75, 3.05) is 5.75 Å². The number of thiol groups is 1. The lowest BCUT2D eigenvalue weighted by Crippen LogP contribution is -2.34. The molecule has 0 heterocycles. The van der Waals surface area contributed by atoms with Gasteiger partial charge in [-0.1, -0.05) is 64.2 Å². The number of allylic oxidation sites excluding steroid dienone is 1. The molecule has 134 valence electrons. The van der Waals surface area contributed by atoms with Crippen molar-refractivity contribution in [3.63, 3.8) is 0 Å². The van der Waals surface area contributed by atoms with Crippen LogP contribution in [-0.2, 0) is 4.79 Å². The first kappa shape index (κ1) is 22.3. The lowest BCUT2D eigenvalue weighted by Gasteiger charge is -2.19. The van der Waals surface area contributed by atoms with Crippen LogP contribution in [0.4, 0.5) is 0 Å². The molecule has 0 aliphatic carbocycles. The average molecular weight is 340 g/mol. The van der Waals surface area contributed by atoms with Gasteiger partial charge in [0.2, 0.25) is 0 Å². The van der Waals surface area contributed by atoms with E-state index in [1.807, 2.05) is 0 Å². The zero-order valence-corrected chi connectivity index (χ0v) is 16.2. The molecule has 0 aliphatic heterocycles. The Bertz CT molecular complexity index is 352. The third-order valence-electron chi connectivity index (χ3n) is 4.10. The van der Waals surface area contributed by atoms with Gasteiger partial charge >= 0.3 is 0 Å². The second-order valence-electron chi connectivity index (χ2n) is 6.58. The zero-order chi connectivity index (χ0) is 17.5. The summed E-state index contributed by atoms with van der Waals surface area (Å²) in [5, 5.41) is 3.27. The summed E-state index contributed by atoms with van der Waals surface area (Å²) in [5.74, 6) is 1.21. The highest BCUT2D eigenvalue weighted by molar-refractivity contribution is 7.80. The molecule has 0 aromatic carbocycles. The molecular weight excluding hydrogens is 302 g/mol. The molecule has 0 fully saturated rings. The van der Waals surface area contributed by atoms with Gasteiger partial charge in [-0.05, 0) is 38.4 Å². The van der Waals surface area contributed by atoms with Crippen LogP contribution in [0.3, 0.4) is 0 Å². The zero-order valence-electron chi connectivity index (χ0n) is 15.3. The van der Waals surface area contributed by atoms with Crippen LogP contribution < -0.4 is 5.32 Å². The fourth-order valence-corrected chi connectivity index (χ4v) is 2.95. The predicted molar refractivity (Wildman–Crippen MR) is 106 cm³/mol. The largest absolute Gasteiger partial charge is 0.379 e. The fourth-order valence-electron chi connectivity index (χ4n) is 2.72. The molecule has 1 atom stereocenters. The van der Waals surface area contributed by atoms with E-state index in [1.54, 1.807) is 6.92 Å². The standard InChI is InChI=1S/C20H37NOS/c1-5-13-20(19(4)22)21-18(3)16-17(2)14-11-9-7-6-8-10-12-15-23/h20-21,23H,2-3,5-16H2,1,4H3. The number of ketones is 1. The summed E-state index contributed by atoms with van der Waals surface area (Å²) in [4.78, 5) is 11.6. The molecular formula is C20H37NOS. The fraction of sp³-hybridized carbons (Fsp3) is 0.750. The second-order valence-corrected chi connectivity index (χ2v) is 7.02. The topological polar surface area (TPSA) is 29.1 Å². The minimum Gasteiger partial charge on any atom is -0.379 e. The molecule has 0 spiro atoms. The van der Waals surface area contributed by atoms with Crippen LogP contribution in [0.5, 0.6) is 0 Å². The monoisotopic (exact) mass is 339 g/mol. The summed E-state index contributed by atoms with van der Waals surface area (Å²) < 4.78 is 0. The smallest absolute Gasteiger partial charge is 0.151 e. The van der Waals surface area contributed by atoms with Gasteiger partial charge in [0.05, 0.1) is 6.04 Å². The van der Waals surface area contributed by atoms with Crippen molar-refractivity contribution in [2.45, 2.75) is 90.5 Å². The molecule has 0 radical (unpaired) electrons. The average Bonchev–Trinajstić information content (AvgIpc) is 2.49. The van der Waals surface area contributed by atoms with E-state index in [9.17, 15) is 4.79 Å². The Morgan fingerprint density at radius 2 is 1.61 bits per heavy atom. The number of nitrogens with one attached hydrogen (secondary N) is 1. The molecule has 0 aromatic rings. The lowest BCUT2D eigenvalue weighted by molar-refractivity contribution is -0.119. The maximum Gasteiger partial charge on any atom is 0.151 e. The van der Waals surface area contributed by atoms with Gasteiger partial charge in [-0.2, -0.15) is 12.6 Å². The van der Waals surface area contributed by atoms with E-state index < -0.39 is 0 Å². The van der Waals surface area contributed by atoms with E-state index in [1.165, 1.54) is 50.5 Å². The van der Waals surface area contributed by atoms with Gasteiger partial charge in [0, 0.05) is 12.1 Å². The highest BCUT2D eigenvalue weighted by Crippen LogP contribution is 2.16. The predicted octanol–water partition coefficient (Wildman–Crippen LogP) is 5.84. The van der Waals surface area contributed by atoms with Crippen LogP contribution >= 0.6 is 12.6 Å². The summed E-state index contributed by atoms with van der Waals surface area (Å²) in [5.41, 5.74) is 2.15. The Balaban J connectivity index is 3.72. The van der Waals surface area contributed by atoms with Gasteiger partial charge in [0.25, 0.3) is 0 Å². The molecule has 0 aliphatic rings. The minimum atomic E-state index is -0.0856. The van der Waals surface area contributed by atoms with Crippen molar-refractivity contribution in [1.29, 1.82) is 0 Å². The summed E-state index contributed by atoms with van der Waals surface area (Å²) >= 11 is 4.23. The third kappa shape index (κ3) is 13.4. The number of hydrogen-bond donors (Lipinski definition) is 2. The van der Waals surface area contributed by atoms with Crippen LogP contribution in [-0.4, -0.2) is 17.6 Å². The van der Waals surface area contributed by atoms with Crippen LogP contribution in [0.2, 0.25) is 0 Å². The Morgan fingerprint density at radius 3 is 2.13 bits per heavy atom. The Labute approximate surface area is 149 Å². The summed E-state index contributed by atoms with van der Waals surface area (Å²) in [6, 6.07) is -0.0856. The Kier molecular flexibility index (Phi) is 14.4. The summed E-state index contributed by atoms with van der Waals surface area (Å²) in [6.07, 6.45) is 12.8. The molecule has 0 saturated heterocycles. The number of unbranched alkanes of at least 4 members (excludes halogenated alkanes) is 6. The van der Waals surface area contributed by atoms with E-state index in [0.29, 0.717) is 0 Å². The molecule has 1 unspecified atom stereocenters. The molecule has 0 aromatic heterocycles. The number of carbonyl (C=O) groups is 1. The third-order valence-corrected chi connectivity index (χ3v) is 4.41. The normalized spacial score (nSPS) is 12.0. The summed E-state index contributed by atoms with van der Waals surface area (Å²) in [6.45, 7) is 12.0.